The summed E-state index contributed by atoms with van der Waals surface area (Å²) in [5, 5.41) is 0.523. The molecule has 0 aliphatic rings. The number of nitrogens with two attached hydrogens (primary N) is 1. The van der Waals surface area contributed by atoms with Gasteiger partial charge in [-0.3, -0.25) is 4.79 Å². The molecule has 23 heavy (non-hydrogen) atoms. The molecule has 122 valence electrons. The predicted molar refractivity (Wildman–Crippen MR) is 95.7 cm³/mol. The molecule has 0 saturated carbocycles. The molecular weight excluding hydrogens is 310 g/mol. The summed E-state index contributed by atoms with van der Waals surface area (Å²) in [6.07, 6.45) is 0.221. The molecule has 2 aromatic carbocycles. The first-order valence-electron chi connectivity index (χ1n) is 7.48. The minimum Gasteiger partial charge on any atom is -0.469 e. The van der Waals surface area contributed by atoms with Gasteiger partial charge < -0.3 is 10.5 Å². The number of ether oxygens (including phenoxy) is 1. The quantitative estimate of drug-likeness (QED) is 0.660. The Morgan fingerprint density at radius 1 is 1.17 bits per heavy atom. The maximum Gasteiger partial charge on any atom is 0.309 e. The zero-order valence-electron chi connectivity index (χ0n) is 13.9. The molecule has 0 amide bonds. The second-order valence-electron chi connectivity index (χ2n) is 6.61. The molecule has 2 rings (SSSR count). The minimum absolute atomic E-state index is 0.0104. The van der Waals surface area contributed by atoms with Crippen molar-refractivity contribution in [2.24, 2.45) is 0 Å². The van der Waals surface area contributed by atoms with Gasteiger partial charge >= 0.3 is 5.97 Å². The van der Waals surface area contributed by atoms with Crippen LogP contribution in [0.15, 0.2) is 36.4 Å². The van der Waals surface area contributed by atoms with E-state index >= 15 is 0 Å². The number of hydrogen-bond acceptors (Lipinski definition) is 3. The topological polar surface area (TPSA) is 52.3 Å². The summed E-state index contributed by atoms with van der Waals surface area (Å²) in [5.74, 6) is -0.267. The van der Waals surface area contributed by atoms with Gasteiger partial charge in [0.15, 0.2) is 0 Å². The van der Waals surface area contributed by atoms with Gasteiger partial charge in [0, 0.05) is 0 Å². The lowest BCUT2D eigenvalue weighted by atomic mass is 9.83. The molecule has 4 heteroatoms. The summed E-state index contributed by atoms with van der Waals surface area (Å²) in [5.41, 5.74) is 10.5. The molecule has 0 bridgehead atoms. The van der Waals surface area contributed by atoms with Crippen molar-refractivity contribution in [2.45, 2.75) is 32.6 Å². The van der Waals surface area contributed by atoms with Crippen LogP contribution in [0.2, 0.25) is 5.02 Å². The second kappa shape index (κ2) is 6.63. The maximum absolute atomic E-state index is 11.7. The van der Waals surface area contributed by atoms with Crippen molar-refractivity contribution in [3.05, 3.63) is 52.5 Å². The molecule has 2 N–H and O–H groups in total. The second-order valence-corrected chi connectivity index (χ2v) is 7.02. The van der Waals surface area contributed by atoms with Crippen molar-refractivity contribution < 1.29 is 9.53 Å². The van der Waals surface area contributed by atoms with Gasteiger partial charge in [0.25, 0.3) is 0 Å². The molecule has 0 aliphatic carbocycles. The van der Waals surface area contributed by atoms with Gasteiger partial charge in [-0.2, -0.15) is 0 Å². The van der Waals surface area contributed by atoms with Crippen LogP contribution < -0.4 is 5.73 Å². The number of carbonyl (C=O) groups excluding carboxylic acids is 1. The number of esters is 1. The maximum atomic E-state index is 11.7. The highest BCUT2D eigenvalue weighted by atomic mass is 35.5. The summed E-state index contributed by atoms with van der Waals surface area (Å²) >= 11 is 6.02. The summed E-state index contributed by atoms with van der Waals surface area (Å²) in [6.45, 7) is 6.47. The number of methoxy groups -OCH3 is 1. The molecule has 0 heterocycles. The van der Waals surface area contributed by atoms with E-state index in [-0.39, 0.29) is 17.8 Å². The number of rotatable bonds is 3. The lowest BCUT2D eigenvalue weighted by Gasteiger charge is -2.21. The van der Waals surface area contributed by atoms with E-state index in [4.69, 9.17) is 22.1 Å². The number of carbonyl (C=O) groups is 1. The largest absolute Gasteiger partial charge is 0.469 e. The summed E-state index contributed by atoms with van der Waals surface area (Å²) < 4.78 is 4.80. The van der Waals surface area contributed by atoms with Crippen LogP contribution in [0.25, 0.3) is 11.1 Å². The average Bonchev–Trinajstić information content (AvgIpc) is 2.49. The van der Waals surface area contributed by atoms with E-state index in [0.717, 1.165) is 16.7 Å². The van der Waals surface area contributed by atoms with Gasteiger partial charge in [0.2, 0.25) is 0 Å². The number of hydrogen-bond donors (Lipinski definition) is 1. The first-order valence-corrected chi connectivity index (χ1v) is 7.86. The van der Waals surface area contributed by atoms with E-state index in [0.29, 0.717) is 10.7 Å². The van der Waals surface area contributed by atoms with Crippen molar-refractivity contribution in [3.63, 3.8) is 0 Å². The summed E-state index contributed by atoms with van der Waals surface area (Å²) in [6, 6.07) is 11.7. The minimum atomic E-state index is -0.267. The molecule has 3 nitrogen and oxygen atoms in total. The van der Waals surface area contributed by atoms with E-state index in [9.17, 15) is 4.79 Å². The SMILES string of the molecule is COC(=O)Cc1ccc(C(C)(C)C)cc1-c1ccc(Cl)c(N)c1. The number of halogens is 1. The van der Waals surface area contributed by atoms with E-state index in [1.807, 2.05) is 18.2 Å². The monoisotopic (exact) mass is 331 g/mol. The third-order valence-corrected chi connectivity index (χ3v) is 4.19. The van der Waals surface area contributed by atoms with Gasteiger partial charge in [-0.15, -0.1) is 0 Å². The van der Waals surface area contributed by atoms with E-state index in [2.05, 4.69) is 32.9 Å². The number of anilines is 1. The van der Waals surface area contributed by atoms with Crippen LogP contribution in [0.4, 0.5) is 5.69 Å². The molecule has 0 aliphatic heterocycles. The molecule has 0 atom stereocenters. The zero-order chi connectivity index (χ0) is 17.2. The van der Waals surface area contributed by atoms with Crippen molar-refractivity contribution in [1.82, 2.24) is 0 Å². The van der Waals surface area contributed by atoms with Crippen LogP contribution in [0.1, 0.15) is 31.9 Å². The van der Waals surface area contributed by atoms with Crippen LogP contribution in [0.3, 0.4) is 0 Å². The molecule has 0 unspecified atom stereocenters. The Kier molecular flexibility index (Phi) is 5.00. The number of nitrogen functional groups attached to an aromatic ring is 1. The van der Waals surface area contributed by atoms with Crippen LogP contribution in [0.5, 0.6) is 0 Å². The highest BCUT2D eigenvalue weighted by Crippen LogP contribution is 2.33. The summed E-state index contributed by atoms with van der Waals surface area (Å²) in [4.78, 5) is 11.7. The van der Waals surface area contributed by atoms with Crippen molar-refractivity contribution in [3.8, 4) is 11.1 Å². The molecule has 0 saturated heterocycles. The fraction of sp³-hybridized carbons (Fsp3) is 0.316. The lowest BCUT2D eigenvalue weighted by Crippen LogP contribution is -2.12. The average molecular weight is 332 g/mol. The Morgan fingerprint density at radius 2 is 1.87 bits per heavy atom. The smallest absolute Gasteiger partial charge is 0.309 e. The van der Waals surface area contributed by atoms with Crippen LogP contribution in [0, 0.1) is 0 Å². The van der Waals surface area contributed by atoms with Gasteiger partial charge in [0.1, 0.15) is 0 Å². The Hall–Kier alpha value is -2.00. The first-order chi connectivity index (χ1) is 10.7. The van der Waals surface area contributed by atoms with Gasteiger partial charge in [-0.05, 0) is 39.8 Å². The van der Waals surface area contributed by atoms with E-state index in [1.165, 1.54) is 12.7 Å². The van der Waals surface area contributed by atoms with Crippen molar-refractivity contribution >= 4 is 23.3 Å². The molecule has 2 aromatic rings. The highest BCUT2D eigenvalue weighted by molar-refractivity contribution is 6.33. The molecular formula is C19H22ClNO2. The fourth-order valence-corrected chi connectivity index (χ4v) is 2.52. The van der Waals surface area contributed by atoms with Crippen molar-refractivity contribution in [2.75, 3.05) is 12.8 Å². The van der Waals surface area contributed by atoms with Crippen molar-refractivity contribution in [1.29, 1.82) is 0 Å². The normalized spacial score (nSPS) is 11.3. The van der Waals surface area contributed by atoms with Gasteiger partial charge in [-0.1, -0.05) is 56.6 Å². The van der Waals surface area contributed by atoms with E-state index in [1.54, 1.807) is 6.07 Å². The van der Waals surface area contributed by atoms with Crippen LogP contribution in [-0.2, 0) is 21.4 Å². The zero-order valence-corrected chi connectivity index (χ0v) is 14.7. The summed E-state index contributed by atoms with van der Waals surface area (Å²) in [7, 11) is 1.39. The third-order valence-electron chi connectivity index (χ3n) is 3.85. The molecule has 0 radical (unpaired) electrons. The molecule has 0 spiro atoms. The standard InChI is InChI=1S/C19H22ClNO2/c1-19(2,3)14-7-5-13(10-18(22)23-4)15(11-14)12-6-8-16(20)17(21)9-12/h5-9,11H,10,21H2,1-4H3. The number of benzene rings is 2. The first kappa shape index (κ1) is 17.4. The van der Waals surface area contributed by atoms with Crippen LogP contribution >= 0.6 is 11.6 Å². The highest BCUT2D eigenvalue weighted by Gasteiger charge is 2.18. The lowest BCUT2D eigenvalue weighted by molar-refractivity contribution is -0.139. The van der Waals surface area contributed by atoms with Crippen LogP contribution in [-0.4, -0.2) is 13.1 Å². The molecule has 0 aromatic heterocycles. The Labute approximate surface area is 142 Å². The van der Waals surface area contributed by atoms with E-state index < -0.39 is 0 Å². The fourth-order valence-electron chi connectivity index (χ4n) is 2.40. The molecule has 0 fully saturated rings. The Balaban J connectivity index is 2.59. The predicted octanol–water partition coefficient (Wildman–Crippen LogP) is 4.60. The van der Waals surface area contributed by atoms with Gasteiger partial charge in [-0.25, -0.2) is 0 Å². The third kappa shape index (κ3) is 4.05. The van der Waals surface area contributed by atoms with Gasteiger partial charge in [0.05, 0.1) is 24.2 Å². The Morgan fingerprint density at radius 3 is 2.43 bits per heavy atom. The Bertz CT molecular complexity index is 733.